The first-order valence-electron chi connectivity index (χ1n) is 8.64. The van der Waals surface area contributed by atoms with Crippen molar-refractivity contribution >= 4 is 0 Å². The minimum absolute atomic E-state index is 0.412. The number of hydrogen-bond acceptors (Lipinski definition) is 2. The molecule has 0 aliphatic heterocycles. The number of hydrogen-bond donors (Lipinski definition) is 1. The van der Waals surface area contributed by atoms with Crippen LogP contribution in [0.3, 0.4) is 0 Å². The molecule has 2 rings (SSSR count). The van der Waals surface area contributed by atoms with Gasteiger partial charge in [-0.3, -0.25) is 4.90 Å². The van der Waals surface area contributed by atoms with Crippen molar-refractivity contribution in [1.29, 1.82) is 0 Å². The first-order chi connectivity index (χ1) is 10.1. The van der Waals surface area contributed by atoms with Crippen LogP contribution in [0.4, 0.5) is 0 Å². The van der Waals surface area contributed by atoms with Crippen molar-refractivity contribution < 1.29 is 5.11 Å². The number of benzene rings is 1. The SMILES string of the molecule is CCC(CC)N(CC(C)C)C1CCCc2ccc(O)cc21. The van der Waals surface area contributed by atoms with E-state index < -0.39 is 0 Å². The van der Waals surface area contributed by atoms with Gasteiger partial charge in [-0.15, -0.1) is 0 Å². The number of phenolic OH excluding ortho intramolecular Hbond substituents is 1. The summed E-state index contributed by atoms with van der Waals surface area (Å²) >= 11 is 0. The highest BCUT2D eigenvalue weighted by Crippen LogP contribution is 2.38. The van der Waals surface area contributed by atoms with Crippen molar-refractivity contribution in [2.24, 2.45) is 5.92 Å². The Kier molecular flexibility index (Phi) is 5.69. The molecule has 1 aromatic rings. The maximum atomic E-state index is 9.90. The van der Waals surface area contributed by atoms with E-state index in [0.717, 1.165) is 13.0 Å². The van der Waals surface area contributed by atoms with Crippen LogP contribution in [0.25, 0.3) is 0 Å². The Hall–Kier alpha value is -1.02. The van der Waals surface area contributed by atoms with E-state index in [1.807, 2.05) is 12.1 Å². The highest BCUT2D eigenvalue weighted by molar-refractivity contribution is 5.38. The van der Waals surface area contributed by atoms with E-state index in [-0.39, 0.29) is 0 Å². The average Bonchev–Trinajstić information content (AvgIpc) is 2.46. The molecule has 0 amide bonds. The Labute approximate surface area is 130 Å². The summed E-state index contributed by atoms with van der Waals surface area (Å²) in [5.41, 5.74) is 2.80. The van der Waals surface area contributed by atoms with Gasteiger partial charge in [0.15, 0.2) is 0 Å². The summed E-state index contributed by atoms with van der Waals surface area (Å²) in [4.78, 5) is 2.71. The van der Waals surface area contributed by atoms with Gasteiger partial charge in [0.25, 0.3) is 0 Å². The van der Waals surface area contributed by atoms with Crippen molar-refractivity contribution in [2.45, 2.75) is 71.9 Å². The zero-order valence-corrected chi connectivity index (χ0v) is 14.1. The molecule has 0 bridgehead atoms. The van der Waals surface area contributed by atoms with Gasteiger partial charge in [0.05, 0.1) is 0 Å². The molecule has 0 heterocycles. The minimum Gasteiger partial charge on any atom is -0.508 e. The molecule has 0 aromatic heterocycles. The van der Waals surface area contributed by atoms with Gasteiger partial charge < -0.3 is 5.11 Å². The van der Waals surface area contributed by atoms with Crippen molar-refractivity contribution in [1.82, 2.24) is 4.90 Å². The number of nitrogens with zero attached hydrogens (tertiary/aromatic N) is 1. The van der Waals surface area contributed by atoms with Gasteiger partial charge in [-0.25, -0.2) is 0 Å². The Balaban J connectivity index is 2.34. The Morgan fingerprint density at radius 3 is 2.57 bits per heavy atom. The molecule has 1 atom stereocenters. The van der Waals surface area contributed by atoms with Crippen molar-refractivity contribution in [3.8, 4) is 5.75 Å². The van der Waals surface area contributed by atoms with Crippen LogP contribution in [-0.2, 0) is 6.42 Å². The summed E-state index contributed by atoms with van der Waals surface area (Å²) in [6, 6.07) is 7.09. The van der Waals surface area contributed by atoms with E-state index in [4.69, 9.17) is 0 Å². The lowest BCUT2D eigenvalue weighted by atomic mass is 9.85. The molecular weight excluding hydrogens is 258 g/mol. The lowest BCUT2D eigenvalue weighted by molar-refractivity contribution is 0.0972. The third-order valence-corrected chi connectivity index (χ3v) is 4.80. The third-order valence-electron chi connectivity index (χ3n) is 4.80. The highest BCUT2D eigenvalue weighted by Gasteiger charge is 2.30. The molecule has 1 aliphatic rings. The van der Waals surface area contributed by atoms with Crippen LogP contribution >= 0.6 is 0 Å². The van der Waals surface area contributed by atoms with Gasteiger partial charge in [-0.05, 0) is 61.3 Å². The Morgan fingerprint density at radius 2 is 1.95 bits per heavy atom. The predicted molar refractivity (Wildman–Crippen MR) is 89.7 cm³/mol. The van der Waals surface area contributed by atoms with Gasteiger partial charge >= 0.3 is 0 Å². The number of aromatic hydroxyl groups is 1. The van der Waals surface area contributed by atoms with E-state index in [1.165, 1.54) is 36.8 Å². The monoisotopic (exact) mass is 289 g/mol. The predicted octanol–water partition coefficient (Wildman–Crippen LogP) is 4.92. The molecule has 0 fully saturated rings. The smallest absolute Gasteiger partial charge is 0.115 e. The van der Waals surface area contributed by atoms with E-state index >= 15 is 0 Å². The average molecular weight is 289 g/mol. The molecule has 0 spiro atoms. The third kappa shape index (κ3) is 3.79. The molecule has 1 aromatic carbocycles. The van der Waals surface area contributed by atoms with Crippen molar-refractivity contribution in [3.63, 3.8) is 0 Å². The Bertz CT molecular complexity index is 451. The van der Waals surface area contributed by atoms with Crippen LogP contribution in [0, 0.1) is 5.92 Å². The first-order valence-corrected chi connectivity index (χ1v) is 8.64. The maximum absolute atomic E-state index is 9.90. The van der Waals surface area contributed by atoms with E-state index in [2.05, 4.69) is 38.7 Å². The molecular formula is C19H31NO. The molecule has 118 valence electrons. The molecule has 0 saturated heterocycles. The summed E-state index contributed by atoms with van der Waals surface area (Å²) < 4.78 is 0. The molecule has 1 N–H and O–H groups in total. The molecule has 1 unspecified atom stereocenters. The van der Waals surface area contributed by atoms with Crippen LogP contribution in [-0.4, -0.2) is 22.6 Å². The van der Waals surface area contributed by atoms with Crippen LogP contribution in [0.5, 0.6) is 5.75 Å². The fourth-order valence-electron chi connectivity index (χ4n) is 3.82. The normalized spacial score (nSPS) is 18.5. The van der Waals surface area contributed by atoms with E-state index in [9.17, 15) is 5.11 Å². The highest BCUT2D eigenvalue weighted by atomic mass is 16.3. The molecule has 21 heavy (non-hydrogen) atoms. The van der Waals surface area contributed by atoms with Gasteiger partial charge in [-0.2, -0.15) is 0 Å². The van der Waals surface area contributed by atoms with Gasteiger partial charge in [0.2, 0.25) is 0 Å². The largest absolute Gasteiger partial charge is 0.508 e. The number of phenols is 1. The van der Waals surface area contributed by atoms with Crippen LogP contribution < -0.4 is 0 Å². The quantitative estimate of drug-likeness (QED) is 0.803. The molecule has 2 nitrogen and oxygen atoms in total. The molecule has 0 saturated carbocycles. The molecule has 1 aliphatic carbocycles. The summed E-state index contributed by atoms with van der Waals surface area (Å²) in [6.07, 6.45) is 6.04. The van der Waals surface area contributed by atoms with Crippen LogP contribution in [0.15, 0.2) is 18.2 Å². The minimum atomic E-state index is 0.412. The second kappa shape index (κ2) is 7.31. The van der Waals surface area contributed by atoms with Gasteiger partial charge in [-0.1, -0.05) is 33.8 Å². The lowest BCUT2D eigenvalue weighted by Gasteiger charge is -2.41. The van der Waals surface area contributed by atoms with Crippen LogP contribution in [0.2, 0.25) is 0 Å². The summed E-state index contributed by atoms with van der Waals surface area (Å²) in [6.45, 7) is 10.4. The summed E-state index contributed by atoms with van der Waals surface area (Å²) in [5, 5.41) is 9.90. The van der Waals surface area contributed by atoms with Crippen molar-refractivity contribution in [2.75, 3.05) is 6.54 Å². The fraction of sp³-hybridized carbons (Fsp3) is 0.684. The zero-order chi connectivity index (χ0) is 15.4. The van der Waals surface area contributed by atoms with E-state index in [1.54, 1.807) is 0 Å². The fourth-order valence-corrected chi connectivity index (χ4v) is 3.82. The van der Waals surface area contributed by atoms with Crippen molar-refractivity contribution in [3.05, 3.63) is 29.3 Å². The van der Waals surface area contributed by atoms with E-state index in [0.29, 0.717) is 23.8 Å². The zero-order valence-electron chi connectivity index (χ0n) is 14.1. The molecule has 0 radical (unpaired) electrons. The molecule has 2 heteroatoms. The first kappa shape index (κ1) is 16.4. The Morgan fingerprint density at radius 1 is 1.24 bits per heavy atom. The van der Waals surface area contributed by atoms with Gasteiger partial charge in [0, 0.05) is 18.6 Å². The number of fused-ring (bicyclic) bond motifs is 1. The second-order valence-corrected chi connectivity index (χ2v) is 6.85. The van der Waals surface area contributed by atoms with Gasteiger partial charge in [0.1, 0.15) is 5.75 Å². The van der Waals surface area contributed by atoms with Crippen LogP contribution in [0.1, 0.15) is 70.5 Å². The maximum Gasteiger partial charge on any atom is 0.115 e. The second-order valence-electron chi connectivity index (χ2n) is 6.85. The topological polar surface area (TPSA) is 23.5 Å². The number of rotatable bonds is 6. The summed E-state index contributed by atoms with van der Waals surface area (Å²) in [5.74, 6) is 1.09. The standard InChI is InChI=1S/C19H31NO/c1-5-16(6-2)20(13-14(3)4)19-9-7-8-15-10-11-17(21)12-18(15)19/h10-12,14,16,19,21H,5-9,13H2,1-4H3. The number of aryl methyl sites for hydroxylation is 1. The summed E-state index contributed by atoms with van der Waals surface area (Å²) in [7, 11) is 0. The lowest BCUT2D eigenvalue weighted by Crippen LogP contribution is -2.41.